The molecule has 1 aliphatic rings. The van der Waals surface area contributed by atoms with E-state index in [4.69, 9.17) is 0 Å². The summed E-state index contributed by atoms with van der Waals surface area (Å²) in [6.07, 6.45) is 5.71. The lowest BCUT2D eigenvalue weighted by atomic mass is 9.87. The van der Waals surface area contributed by atoms with Crippen molar-refractivity contribution in [3.63, 3.8) is 0 Å². The van der Waals surface area contributed by atoms with Crippen LogP contribution in [-0.4, -0.2) is 25.0 Å². The van der Waals surface area contributed by atoms with Crippen LogP contribution >= 0.6 is 0 Å². The maximum absolute atomic E-state index is 2.37. The van der Waals surface area contributed by atoms with E-state index in [1.807, 2.05) is 0 Å². The summed E-state index contributed by atoms with van der Waals surface area (Å²) in [6.45, 7) is 2.37. The SMILES string of the molecule is C[C@H]1CCC[C@@H](N(C)C)C1. The van der Waals surface area contributed by atoms with E-state index in [-0.39, 0.29) is 0 Å². The van der Waals surface area contributed by atoms with E-state index in [0.717, 1.165) is 12.0 Å². The van der Waals surface area contributed by atoms with Gasteiger partial charge >= 0.3 is 0 Å². The standard InChI is InChI=1S/C9H19N/c1-8-5-4-6-9(7-8)10(2)3/h8-9H,4-7H2,1-3H3/t8-,9+/m0/s1. The van der Waals surface area contributed by atoms with Crippen LogP contribution in [0.5, 0.6) is 0 Å². The molecule has 1 heteroatoms. The first kappa shape index (κ1) is 8.06. The topological polar surface area (TPSA) is 3.24 Å². The van der Waals surface area contributed by atoms with Crippen LogP contribution in [-0.2, 0) is 0 Å². The van der Waals surface area contributed by atoms with Crippen molar-refractivity contribution in [3.05, 3.63) is 0 Å². The molecule has 0 aromatic carbocycles. The zero-order valence-corrected chi connectivity index (χ0v) is 7.43. The van der Waals surface area contributed by atoms with E-state index in [1.54, 1.807) is 0 Å². The third-order valence-electron chi connectivity index (χ3n) is 2.64. The Morgan fingerprint density at radius 2 is 1.90 bits per heavy atom. The Labute approximate surface area is 64.4 Å². The average molecular weight is 141 g/mol. The molecule has 0 unspecified atom stereocenters. The summed E-state index contributed by atoms with van der Waals surface area (Å²) >= 11 is 0. The molecule has 2 atom stereocenters. The first-order chi connectivity index (χ1) is 4.70. The molecule has 60 valence electrons. The van der Waals surface area contributed by atoms with Gasteiger partial charge < -0.3 is 4.90 Å². The summed E-state index contributed by atoms with van der Waals surface area (Å²) in [5.74, 6) is 0.959. The molecule has 0 amide bonds. The molecule has 0 N–H and O–H groups in total. The van der Waals surface area contributed by atoms with Crippen molar-refractivity contribution in [2.24, 2.45) is 5.92 Å². The summed E-state index contributed by atoms with van der Waals surface area (Å²) in [7, 11) is 4.39. The number of rotatable bonds is 1. The third-order valence-corrected chi connectivity index (χ3v) is 2.64. The van der Waals surface area contributed by atoms with E-state index < -0.39 is 0 Å². The predicted octanol–water partition coefficient (Wildman–Crippen LogP) is 2.13. The Bertz CT molecular complexity index is 98.9. The van der Waals surface area contributed by atoms with E-state index in [9.17, 15) is 0 Å². The largest absolute Gasteiger partial charge is 0.306 e. The second-order valence-electron chi connectivity index (χ2n) is 3.89. The fourth-order valence-corrected chi connectivity index (χ4v) is 1.87. The number of hydrogen-bond donors (Lipinski definition) is 0. The van der Waals surface area contributed by atoms with Gasteiger partial charge in [-0.25, -0.2) is 0 Å². The molecule has 0 saturated heterocycles. The van der Waals surface area contributed by atoms with Crippen molar-refractivity contribution >= 4 is 0 Å². The van der Waals surface area contributed by atoms with Gasteiger partial charge in [0.15, 0.2) is 0 Å². The molecule has 0 bridgehead atoms. The van der Waals surface area contributed by atoms with Crippen molar-refractivity contribution < 1.29 is 0 Å². The molecule has 1 fully saturated rings. The van der Waals surface area contributed by atoms with Crippen molar-refractivity contribution in [3.8, 4) is 0 Å². The van der Waals surface area contributed by atoms with Gasteiger partial charge in [0, 0.05) is 6.04 Å². The fraction of sp³-hybridized carbons (Fsp3) is 1.00. The Morgan fingerprint density at radius 1 is 1.20 bits per heavy atom. The van der Waals surface area contributed by atoms with Gasteiger partial charge in [-0.05, 0) is 32.9 Å². The van der Waals surface area contributed by atoms with Crippen LogP contribution in [0.2, 0.25) is 0 Å². The van der Waals surface area contributed by atoms with Gasteiger partial charge in [0.25, 0.3) is 0 Å². The molecule has 1 nitrogen and oxygen atoms in total. The summed E-state index contributed by atoms with van der Waals surface area (Å²) < 4.78 is 0. The molecule has 0 heterocycles. The van der Waals surface area contributed by atoms with Crippen LogP contribution in [0.15, 0.2) is 0 Å². The molecule has 0 aromatic heterocycles. The van der Waals surface area contributed by atoms with Gasteiger partial charge in [-0.1, -0.05) is 19.8 Å². The number of hydrogen-bond acceptors (Lipinski definition) is 1. The molecular formula is C9H19N. The fourth-order valence-electron chi connectivity index (χ4n) is 1.87. The number of nitrogens with zero attached hydrogens (tertiary/aromatic N) is 1. The van der Waals surface area contributed by atoms with Gasteiger partial charge in [0.1, 0.15) is 0 Å². The Balaban J connectivity index is 2.32. The first-order valence-corrected chi connectivity index (χ1v) is 4.36. The van der Waals surface area contributed by atoms with Gasteiger partial charge in [-0.15, -0.1) is 0 Å². The van der Waals surface area contributed by atoms with E-state index in [2.05, 4.69) is 25.9 Å². The Kier molecular flexibility index (Phi) is 2.72. The zero-order chi connectivity index (χ0) is 7.56. The predicted molar refractivity (Wildman–Crippen MR) is 45.1 cm³/mol. The average Bonchev–Trinajstić information content (AvgIpc) is 1.88. The molecule has 0 aliphatic heterocycles. The maximum atomic E-state index is 2.37. The summed E-state index contributed by atoms with van der Waals surface area (Å²) in [5, 5.41) is 0. The van der Waals surface area contributed by atoms with Gasteiger partial charge in [-0.2, -0.15) is 0 Å². The molecule has 0 radical (unpaired) electrons. The van der Waals surface area contributed by atoms with Crippen LogP contribution in [0.1, 0.15) is 32.6 Å². The van der Waals surface area contributed by atoms with E-state index in [1.165, 1.54) is 25.7 Å². The smallest absolute Gasteiger partial charge is 0.00917 e. The first-order valence-electron chi connectivity index (χ1n) is 4.36. The maximum Gasteiger partial charge on any atom is 0.00917 e. The minimum atomic E-state index is 0.865. The van der Waals surface area contributed by atoms with E-state index in [0.29, 0.717) is 0 Å². The lowest BCUT2D eigenvalue weighted by Crippen LogP contribution is -2.32. The highest BCUT2D eigenvalue weighted by Crippen LogP contribution is 2.25. The molecular weight excluding hydrogens is 122 g/mol. The Morgan fingerprint density at radius 3 is 2.30 bits per heavy atom. The monoisotopic (exact) mass is 141 g/mol. The van der Waals surface area contributed by atoms with Crippen LogP contribution < -0.4 is 0 Å². The van der Waals surface area contributed by atoms with Crippen LogP contribution in [0.25, 0.3) is 0 Å². The molecule has 1 aliphatic carbocycles. The molecule has 0 aromatic rings. The zero-order valence-electron chi connectivity index (χ0n) is 7.43. The van der Waals surface area contributed by atoms with Crippen molar-refractivity contribution in [2.45, 2.75) is 38.6 Å². The van der Waals surface area contributed by atoms with Crippen molar-refractivity contribution in [2.75, 3.05) is 14.1 Å². The normalized spacial score (nSPS) is 34.8. The van der Waals surface area contributed by atoms with Crippen LogP contribution in [0.4, 0.5) is 0 Å². The highest BCUT2D eigenvalue weighted by atomic mass is 15.1. The summed E-state index contributed by atoms with van der Waals surface area (Å²) in [5.41, 5.74) is 0. The summed E-state index contributed by atoms with van der Waals surface area (Å²) in [4.78, 5) is 2.37. The molecule has 1 rings (SSSR count). The molecule has 1 saturated carbocycles. The molecule has 10 heavy (non-hydrogen) atoms. The van der Waals surface area contributed by atoms with Crippen LogP contribution in [0.3, 0.4) is 0 Å². The highest BCUT2D eigenvalue weighted by molar-refractivity contribution is 4.74. The summed E-state index contributed by atoms with van der Waals surface area (Å²) in [6, 6.07) is 0.865. The second kappa shape index (κ2) is 3.38. The Hall–Kier alpha value is -0.0400. The van der Waals surface area contributed by atoms with Gasteiger partial charge in [-0.3, -0.25) is 0 Å². The quantitative estimate of drug-likeness (QED) is 0.540. The lowest BCUT2D eigenvalue weighted by Gasteiger charge is -2.31. The van der Waals surface area contributed by atoms with E-state index >= 15 is 0 Å². The van der Waals surface area contributed by atoms with Gasteiger partial charge in [0.2, 0.25) is 0 Å². The minimum Gasteiger partial charge on any atom is -0.306 e. The third kappa shape index (κ3) is 1.98. The highest BCUT2D eigenvalue weighted by Gasteiger charge is 2.19. The van der Waals surface area contributed by atoms with Crippen LogP contribution in [0, 0.1) is 5.92 Å². The second-order valence-corrected chi connectivity index (χ2v) is 3.89. The minimum absolute atomic E-state index is 0.865. The van der Waals surface area contributed by atoms with Gasteiger partial charge in [0.05, 0.1) is 0 Å². The molecule has 0 spiro atoms. The van der Waals surface area contributed by atoms with Crippen molar-refractivity contribution in [1.82, 2.24) is 4.90 Å². The van der Waals surface area contributed by atoms with Crippen molar-refractivity contribution in [1.29, 1.82) is 0 Å². The lowest BCUT2D eigenvalue weighted by molar-refractivity contribution is 0.193.